The summed E-state index contributed by atoms with van der Waals surface area (Å²) in [6.07, 6.45) is 0.672. The van der Waals surface area contributed by atoms with Crippen LogP contribution >= 0.6 is 0 Å². The van der Waals surface area contributed by atoms with Gasteiger partial charge >= 0.3 is 0 Å². The van der Waals surface area contributed by atoms with Gasteiger partial charge in [-0.15, -0.1) is 0 Å². The summed E-state index contributed by atoms with van der Waals surface area (Å²) in [5.41, 5.74) is 0.880. The standard InChI is InChI=1S/C23H30F2N4O3/c1-5-28(6-2)22(30)20-18(24)8-9-19(25)21(20)23(31)29-11-7-10-27(12-13-29)14-17-15(3)26-32-16(17)4/h8-9H,5-7,10-14H2,1-4H3. The predicted molar refractivity (Wildman–Crippen MR) is 115 cm³/mol. The fourth-order valence-electron chi connectivity index (χ4n) is 4.08. The smallest absolute Gasteiger partial charge is 0.257 e. The molecule has 2 aromatic rings. The molecule has 1 fully saturated rings. The van der Waals surface area contributed by atoms with Gasteiger partial charge in [-0.05, 0) is 46.2 Å². The van der Waals surface area contributed by atoms with Crippen molar-refractivity contribution >= 4 is 11.8 Å². The van der Waals surface area contributed by atoms with E-state index in [1.165, 1.54) is 9.80 Å². The molecular weight excluding hydrogens is 418 g/mol. The molecule has 0 radical (unpaired) electrons. The number of nitrogens with zero attached hydrogens (tertiary/aromatic N) is 4. The Morgan fingerprint density at radius 1 is 1.03 bits per heavy atom. The molecule has 3 rings (SSSR count). The third-order valence-electron chi connectivity index (χ3n) is 6.02. The normalized spacial score (nSPS) is 15.0. The van der Waals surface area contributed by atoms with E-state index in [4.69, 9.17) is 4.52 Å². The van der Waals surface area contributed by atoms with Gasteiger partial charge in [-0.25, -0.2) is 8.78 Å². The first-order valence-electron chi connectivity index (χ1n) is 11.0. The van der Waals surface area contributed by atoms with Gasteiger partial charge in [0.1, 0.15) is 17.4 Å². The van der Waals surface area contributed by atoms with Crippen LogP contribution in [0.1, 0.15) is 58.0 Å². The van der Waals surface area contributed by atoms with E-state index >= 15 is 0 Å². The lowest BCUT2D eigenvalue weighted by atomic mass is 10.0. The van der Waals surface area contributed by atoms with Crippen LogP contribution in [0.3, 0.4) is 0 Å². The number of aryl methyl sites for hydroxylation is 2. The van der Waals surface area contributed by atoms with Gasteiger partial charge in [0.25, 0.3) is 11.8 Å². The third kappa shape index (κ3) is 4.82. The highest BCUT2D eigenvalue weighted by Gasteiger charge is 2.31. The zero-order valence-electron chi connectivity index (χ0n) is 19.1. The summed E-state index contributed by atoms with van der Waals surface area (Å²) in [6, 6.07) is 1.81. The van der Waals surface area contributed by atoms with Crippen molar-refractivity contribution in [1.82, 2.24) is 19.9 Å². The molecule has 2 heterocycles. The van der Waals surface area contributed by atoms with E-state index in [0.717, 1.165) is 35.7 Å². The molecule has 0 unspecified atom stereocenters. The van der Waals surface area contributed by atoms with E-state index in [1.54, 1.807) is 13.8 Å². The van der Waals surface area contributed by atoms with Gasteiger partial charge in [0.2, 0.25) is 0 Å². The van der Waals surface area contributed by atoms with Crippen LogP contribution in [0.4, 0.5) is 8.78 Å². The van der Waals surface area contributed by atoms with Crippen molar-refractivity contribution in [2.24, 2.45) is 0 Å². The van der Waals surface area contributed by atoms with Crippen molar-refractivity contribution in [2.75, 3.05) is 39.3 Å². The second-order valence-corrected chi connectivity index (χ2v) is 7.98. The molecular formula is C23H30F2N4O3. The average Bonchev–Trinajstić information content (AvgIpc) is 2.96. The Hall–Kier alpha value is -2.81. The molecule has 1 saturated heterocycles. The van der Waals surface area contributed by atoms with Crippen LogP contribution in [0.5, 0.6) is 0 Å². The van der Waals surface area contributed by atoms with Crippen molar-refractivity contribution in [3.05, 3.63) is 51.9 Å². The lowest BCUT2D eigenvalue weighted by Gasteiger charge is -2.25. The molecule has 0 spiro atoms. The highest BCUT2D eigenvalue weighted by atomic mass is 19.1. The first kappa shape index (κ1) is 23.8. The van der Waals surface area contributed by atoms with Gasteiger partial charge in [-0.1, -0.05) is 5.16 Å². The second-order valence-electron chi connectivity index (χ2n) is 7.98. The number of aromatic nitrogens is 1. The van der Waals surface area contributed by atoms with Crippen LogP contribution in [0, 0.1) is 25.5 Å². The Labute approximate surface area is 186 Å². The number of hydrogen-bond donors (Lipinski definition) is 0. The Morgan fingerprint density at radius 2 is 1.69 bits per heavy atom. The Bertz CT molecular complexity index is 968. The Kier molecular flexibility index (Phi) is 7.60. The molecule has 32 heavy (non-hydrogen) atoms. The number of rotatable bonds is 6. The maximum atomic E-state index is 14.8. The second kappa shape index (κ2) is 10.2. The molecule has 2 amide bonds. The van der Waals surface area contributed by atoms with E-state index < -0.39 is 34.6 Å². The van der Waals surface area contributed by atoms with E-state index in [9.17, 15) is 18.4 Å². The van der Waals surface area contributed by atoms with Crippen LogP contribution in [0.25, 0.3) is 0 Å². The monoisotopic (exact) mass is 448 g/mol. The van der Waals surface area contributed by atoms with Crippen LogP contribution in [-0.4, -0.2) is 70.9 Å². The van der Waals surface area contributed by atoms with E-state index in [-0.39, 0.29) is 0 Å². The van der Waals surface area contributed by atoms with Crippen LogP contribution in [-0.2, 0) is 6.54 Å². The van der Waals surface area contributed by atoms with Crippen LogP contribution in [0.2, 0.25) is 0 Å². The topological polar surface area (TPSA) is 69.9 Å². The average molecular weight is 449 g/mol. The Balaban J connectivity index is 1.82. The van der Waals surface area contributed by atoms with Crippen molar-refractivity contribution in [2.45, 2.75) is 40.7 Å². The first-order chi connectivity index (χ1) is 15.3. The van der Waals surface area contributed by atoms with Gasteiger partial charge < -0.3 is 14.3 Å². The predicted octanol–water partition coefficient (Wildman–Crippen LogP) is 3.40. The van der Waals surface area contributed by atoms with E-state index in [1.807, 2.05) is 13.8 Å². The fraction of sp³-hybridized carbons (Fsp3) is 0.522. The summed E-state index contributed by atoms with van der Waals surface area (Å²) < 4.78 is 34.7. The summed E-state index contributed by atoms with van der Waals surface area (Å²) in [7, 11) is 0. The molecule has 1 aromatic heterocycles. The number of benzene rings is 1. The van der Waals surface area contributed by atoms with Gasteiger partial charge in [0, 0.05) is 51.4 Å². The largest absolute Gasteiger partial charge is 0.361 e. The number of halogens is 2. The maximum Gasteiger partial charge on any atom is 0.257 e. The van der Waals surface area contributed by atoms with Crippen LogP contribution in [0.15, 0.2) is 16.7 Å². The third-order valence-corrected chi connectivity index (χ3v) is 6.02. The van der Waals surface area contributed by atoms with E-state index in [0.29, 0.717) is 45.7 Å². The molecule has 7 nitrogen and oxygen atoms in total. The van der Waals surface area contributed by atoms with E-state index in [2.05, 4.69) is 10.1 Å². The molecule has 0 N–H and O–H groups in total. The van der Waals surface area contributed by atoms with Crippen molar-refractivity contribution in [3.8, 4) is 0 Å². The minimum Gasteiger partial charge on any atom is -0.361 e. The molecule has 174 valence electrons. The van der Waals surface area contributed by atoms with Crippen molar-refractivity contribution < 1.29 is 22.9 Å². The summed E-state index contributed by atoms with van der Waals surface area (Å²) in [4.78, 5) is 31.2. The lowest BCUT2D eigenvalue weighted by Crippen LogP contribution is -2.38. The molecule has 9 heteroatoms. The Morgan fingerprint density at radius 3 is 2.28 bits per heavy atom. The van der Waals surface area contributed by atoms with Crippen molar-refractivity contribution in [1.29, 1.82) is 0 Å². The SMILES string of the molecule is CCN(CC)C(=O)c1c(F)ccc(F)c1C(=O)N1CCCN(Cc2c(C)noc2C)CC1. The zero-order chi connectivity index (χ0) is 23.4. The number of carbonyl (C=O) groups excluding carboxylic acids is 2. The molecule has 1 aliphatic heterocycles. The quantitative estimate of drug-likeness (QED) is 0.678. The van der Waals surface area contributed by atoms with Crippen LogP contribution < -0.4 is 0 Å². The summed E-state index contributed by atoms with van der Waals surface area (Å²) in [5.74, 6) is -2.34. The lowest BCUT2D eigenvalue weighted by molar-refractivity contribution is 0.0719. The fourth-order valence-corrected chi connectivity index (χ4v) is 4.08. The highest BCUT2D eigenvalue weighted by molar-refractivity contribution is 6.07. The van der Waals surface area contributed by atoms with Gasteiger partial charge in [-0.2, -0.15) is 0 Å². The molecule has 1 aliphatic rings. The summed E-state index contributed by atoms with van der Waals surface area (Å²) >= 11 is 0. The molecule has 0 atom stereocenters. The number of amides is 2. The first-order valence-corrected chi connectivity index (χ1v) is 11.0. The number of hydrogen-bond acceptors (Lipinski definition) is 5. The number of carbonyl (C=O) groups is 2. The maximum absolute atomic E-state index is 14.8. The van der Waals surface area contributed by atoms with Gasteiger partial charge in [-0.3, -0.25) is 14.5 Å². The minimum atomic E-state index is -0.887. The molecule has 0 bridgehead atoms. The highest BCUT2D eigenvalue weighted by Crippen LogP contribution is 2.23. The van der Waals surface area contributed by atoms with Gasteiger partial charge in [0.15, 0.2) is 0 Å². The molecule has 0 aliphatic carbocycles. The summed E-state index contributed by atoms with van der Waals surface area (Å²) in [5, 5.41) is 3.98. The zero-order valence-corrected chi connectivity index (χ0v) is 19.1. The molecule has 1 aromatic carbocycles. The van der Waals surface area contributed by atoms with Gasteiger partial charge in [0.05, 0.1) is 16.8 Å². The van der Waals surface area contributed by atoms with Crippen molar-refractivity contribution in [3.63, 3.8) is 0 Å². The molecule has 0 saturated carbocycles. The minimum absolute atomic E-state index is 0.333. The summed E-state index contributed by atoms with van der Waals surface area (Å²) in [6.45, 7) is 10.6.